The molecule has 3 heteroatoms. The predicted octanol–water partition coefficient (Wildman–Crippen LogP) is 4.45. The maximum atomic E-state index is 11.5. The van der Waals surface area contributed by atoms with Gasteiger partial charge in [-0.05, 0) is 25.7 Å². The molecule has 0 aromatic carbocycles. The lowest BCUT2D eigenvalue weighted by Gasteiger charge is -1.99. The van der Waals surface area contributed by atoms with Crippen LogP contribution < -0.4 is 0 Å². The lowest BCUT2D eigenvalue weighted by atomic mass is 10.1. The van der Waals surface area contributed by atoms with E-state index in [1.54, 1.807) is 12.2 Å². The number of hydrogen-bond acceptors (Lipinski definition) is 2. The van der Waals surface area contributed by atoms with Gasteiger partial charge in [-0.2, -0.15) is 0 Å². The third-order valence-electron chi connectivity index (χ3n) is 2.84. The van der Waals surface area contributed by atoms with Crippen LogP contribution in [-0.4, -0.2) is 16.9 Å². The number of carboxylic acids is 1. The fourth-order valence-electron chi connectivity index (χ4n) is 1.72. The van der Waals surface area contributed by atoms with Gasteiger partial charge < -0.3 is 5.11 Å². The van der Waals surface area contributed by atoms with E-state index in [4.69, 9.17) is 5.11 Å². The molecule has 0 aliphatic rings. The molecule has 0 rings (SSSR count). The van der Waals surface area contributed by atoms with E-state index in [1.807, 2.05) is 12.2 Å². The largest absolute Gasteiger partial charge is 0.478 e. The molecular formula is C17H26O3. The van der Waals surface area contributed by atoms with E-state index < -0.39 is 5.97 Å². The average molecular weight is 278 g/mol. The maximum Gasteiger partial charge on any atom is 0.328 e. The number of aliphatic carboxylic acids is 1. The van der Waals surface area contributed by atoms with Crippen LogP contribution in [0.25, 0.3) is 0 Å². The predicted molar refractivity (Wildman–Crippen MR) is 82.7 cm³/mol. The highest BCUT2D eigenvalue weighted by Gasteiger charge is 2.00. The third-order valence-corrected chi connectivity index (χ3v) is 2.84. The topological polar surface area (TPSA) is 54.4 Å². The Balaban J connectivity index is 3.47. The second kappa shape index (κ2) is 13.8. The first-order chi connectivity index (χ1) is 9.66. The first kappa shape index (κ1) is 18.4. The van der Waals surface area contributed by atoms with E-state index in [-0.39, 0.29) is 0 Å². The van der Waals surface area contributed by atoms with Crippen LogP contribution in [0.3, 0.4) is 0 Å². The van der Waals surface area contributed by atoms with Crippen molar-refractivity contribution in [2.45, 2.75) is 58.3 Å². The number of carbonyl (C=O) groups excluding carboxylic acids is 1. The number of ketones is 1. The van der Waals surface area contributed by atoms with Gasteiger partial charge in [-0.3, -0.25) is 4.79 Å². The number of allylic oxidation sites excluding steroid dienone is 5. The van der Waals surface area contributed by atoms with Crippen LogP contribution in [0.1, 0.15) is 58.3 Å². The van der Waals surface area contributed by atoms with Crippen molar-refractivity contribution in [2.24, 2.45) is 0 Å². The first-order valence-electron chi connectivity index (χ1n) is 7.41. The molecule has 0 atom stereocenters. The Morgan fingerprint density at radius 2 is 1.55 bits per heavy atom. The van der Waals surface area contributed by atoms with E-state index in [2.05, 4.69) is 6.92 Å². The number of carbonyl (C=O) groups is 2. The number of Topliss-reactive ketones (excluding diaryl/α,β-unsaturated/α-hetero) is 1. The van der Waals surface area contributed by atoms with E-state index in [1.165, 1.54) is 6.08 Å². The quantitative estimate of drug-likeness (QED) is 0.326. The van der Waals surface area contributed by atoms with E-state index in [0.29, 0.717) is 12.2 Å². The van der Waals surface area contributed by atoms with Gasteiger partial charge in [0.25, 0.3) is 0 Å². The number of rotatable bonds is 12. The van der Waals surface area contributed by atoms with Crippen LogP contribution in [0.4, 0.5) is 0 Å². The fourth-order valence-corrected chi connectivity index (χ4v) is 1.72. The van der Waals surface area contributed by atoms with Crippen molar-refractivity contribution in [1.82, 2.24) is 0 Å². The molecule has 0 unspecified atom stereocenters. The Bertz CT molecular complexity index is 351. The summed E-state index contributed by atoms with van der Waals surface area (Å²) in [5.41, 5.74) is 0. The SMILES string of the molecule is CCCCCC(=O)CCCCC=CC=CC=CC(=O)O. The van der Waals surface area contributed by atoms with E-state index >= 15 is 0 Å². The summed E-state index contributed by atoms with van der Waals surface area (Å²) in [4.78, 5) is 21.7. The van der Waals surface area contributed by atoms with Gasteiger partial charge in [0.1, 0.15) is 5.78 Å². The molecular weight excluding hydrogens is 252 g/mol. The second-order valence-corrected chi connectivity index (χ2v) is 4.75. The van der Waals surface area contributed by atoms with Crippen molar-refractivity contribution < 1.29 is 14.7 Å². The van der Waals surface area contributed by atoms with Gasteiger partial charge in [-0.1, -0.05) is 50.1 Å². The van der Waals surface area contributed by atoms with Gasteiger partial charge in [-0.15, -0.1) is 0 Å². The number of carboxylic acid groups (broad SMARTS) is 1. The standard InChI is InChI=1S/C17H26O3/c1-2-3-10-13-16(18)14-11-8-6-4-5-7-9-12-15-17(19)20/h4-5,7,9,12,15H,2-3,6,8,10-11,13-14H2,1H3,(H,19,20). The fraction of sp³-hybridized carbons (Fsp3) is 0.529. The Morgan fingerprint density at radius 1 is 0.900 bits per heavy atom. The first-order valence-corrected chi connectivity index (χ1v) is 7.41. The molecule has 0 aliphatic heterocycles. The summed E-state index contributed by atoms with van der Waals surface area (Å²) in [5.74, 6) is -0.552. The zero-order valence-electron chi connectivity index (χ0n) is 12.4. The van der Waals surface area contributed by atoms with Gasteiger partial charge >= 0.3 is 5.97 Å². The van der Waals surface area contributed by atoms with Crippen molar-refractivity contribution in [2.75, 3.05) is 0 Å². The summed E-state index contributed by atoms with van der Waals surface area (Å²) in [6, 6.07) is 0. The number of unbranched alkanes of at least 4 members (excludes halogenated alkanes) is 4. The molecule has 0 aromatic heterocycles. The molecule has 0 aliphatic carbocycles. The van der Waals surface area contributed by atoms with Gasteiger partial charge in [0.2, 0.25) is 0 Å². The third kappa shape index (κ3) is 14.4. The van der Waals surface area contributed by atoms with Crippen molar-refractivity contribution >= 4 is 11.8 Å². The van der Waals surface area contributed by atoms with Crippen LogP contribution in [0.15, 0.2) is 36.5 Å². The molecule has 1 N–H and O–H groups in total. The molecule has 0 fully saturated rings. The van der Waals surface area contributed by atoms with Gasteiger partial charge in [-0.25, -0.2) is 4.79 Å². The molecule has 0 saturated heterocycles. The Morgan fingerprint density at radius 3 is 2.20 bits per heavy atom. The Hall–Kier alpha value is -1.64. The molecule has 112 valence electrons. The summed E-state index contributed by atoms with van der Waals surface area (Å²) in [7, 11) is 0. The highest BCUT2D eigenvalue weighted by Crippen LogP contribution is 2.07. The van der Waals surface area contributed by atoms with E-state index in [0.717, 1.165) is 51.0 Å². The minimum atomic E-state index is -0.942. The van der Waals surface area contributed by atoms with Crippen molar-refractivity contribution in [3.8, 4) is 0 Å². The normalized spacial score (nSPS) is 11.8. The molecule has 20 heavy (non-hydrogen) atoms. The minimum Gasteiger partial charge on any atom is -0.478 e. The second-order valence-electron chi connectivity index (χ2n) is 4.75. The lowest BCUT2D eigenvalue weighted by molar-refractivity contribution is -0.131. The summed E-state index contributed by atoms with van der Waals surface area (Å²) in [6.45, 7) is 2.14. The van der Waals surface area contributed by atoms with Gasteiger partial charge in [0.05, 0.1) is 0 Å². The van der Waals surface area contributed by atoms with E-state index in [9.17, 15) is 9.59 Å². The molecule has 0 heterocycles. The van der Waals surface area contributed by atoms with Crippen molar-refractivity contribution in [3.05, 3.63) is 36.5 Å². The summed E-state index contributed by atoms with van der Waals surface area (Å²) >= 11 is 0. The zero-order chi connectivity index (χ0) is 15.1. The summed E-state index contributed by atoms with van der Waals surface area (Å²) in [6.07, 6.45) is 17.7. The number of hydrogen-bond donors (Lipinski definition) is 1. The van der Waals surface area contributed by atoms with Crippen LogP contribution >= 0.6 is 0 Å². The zero-order valence-corrected chi connectivity index (χ0v) is 12.4. The molecule has 0 saturated carbocycles. The minimum absolute atomic E-state index is 0.390. The highest BCUT2D eigenvalue weighted by atomic mass is 16.4. The summed E-state index contributed by atoms with van der Waals surface area (Å²) in [5, 5.41) is 8.36. The Labute approximate surface area is 122 Å². The highest BCUT2D eigenvalue weighted by molar-refractivity contribution is 5.80. The molecule has 0 amide bonds. The maximum absolute atomic E-state index is 11.5. The summed E-state index contributed by atoms with van der Waals surface area (Å²) < 4.78 is 0. The molecule has 3 nitrogen and oxygen atoms in total. The monoisotopic (exact) mass is 278 g/mol. The van der Waals surface area contributed by atoms with Crippen LogP contribution in [0.2, 0.25) is 0 Å². The molecule has 0 aromatic rings. The van der Waals surface area contributed by atoms with Gasteiger partial charge in [0, 0.05) is 18.9 Å². The van der Waals surface area contributed by atoms with Crippen LogP contribution in [-0.2, 0) is 9.59 Å². The van der Waals surface area contributed by atoms with Crippen LogP contribution in [0.5, 0.6) is 0 Å². The molecule has 0 radical (unpaired) electrons. The Kier molecular flexibility index (Phi) is 12.7. The van der Waals surface area contributed by atoms with Crippen LogP contribution in [0, 0.1) is 0 Å². The van der Waals surface area contributed by atoms with Gasteiger partial charge in [0.15, 0.2) is 0 Å². The molecule has 0 bridgehead atoms. The molecule has 0 spiro atoms. The average Bonchev–Trinajstić information content (AvgIpc) is 2.41. The lowest BCUT2D eigenvalue weighted by Crippen LogP contribution is -1.97. The van der Waals surface area contributed by atoms with Crippen molar-refractivity contribution in [3.63, 3.8) is 0 Å². The van der Waals surface area contributed by atoms with Crippen molar-refractivity contribution in [1.29, 1.82) is 0 Å². The smallest absolute Gasteiger partial charge is 0.328 e.